The molecular weight excluding hydrogens is 619 g/mol. The molecule has 202 valence electrons. The SMILES string of the molecule is COC(=O)C(Nc1ccc2c(N(C(=O)OI)C(=O)OC(C)(C)C)nccc2c1)c1cc(OC)c(F)cc1F. The predicted molar refractivity (Wildman–Crippen MR) is 142 cm³/mol. The fraction of sp³-hybridized carbons (Fsp3) is 0.280. The van der Waals surface area contributed by atoms with Gasteiger partial charge in [0, 0.05) is 28.9 Å². The number of imide groups is 1. The Labute approximate surface area is 230 Å². The lowest BCUT2D eigenvalue weighted by Crippen LogP contribution is -2.41. The number of ether oxygens (including phenoxy) is 3. The van der Waals surface area contributed by atoms with Gasteiger partial charge in [0.15, 0.2) is 46.4 Å². The molecule has 3 aromatic rings. The van der Waals surface area contributed by atoms with Crippen LogP contribution < -0.4 is 15.0 Å². The molecule has 3 rings (SSSR count). The molecule has 0 spiro atoms. The monoisotopic (exact) mass is 643 g/mol. The maximum absolute atomic E-state index is 14.7. The zero-order chi connectivity index (χ0) is 28.2. The van der Waals surface area contributed by atoms with E-state index in [-0.39, 0.29) is 17.1 Å². The summed E-state index contributed by atoms with van der Waals surface area (Å²) < 4.78 is 48.4. The molecule has 0 aliphatic rings. The van der Waals surface area contributed by atoms with E-state index in [0.29, 0.717) is 27.4 Å². The lowest BCUT2D eigenvalue weighted by atomic mass is 10.0. The fourth-order valence-corrected chi connectivity index (χ4v) is 3.69. The molecule has 2 amide bonds. The maximum Gasteiger partial charge on any atom is 0.434 e. The van der Waals surface area contributed by atoms with Crippen molar-refractivity contribution in [2.24, 2.45) is 0 Å². The van der Waals surface area contributed by atoms with E-state index in [0.717, 1.165) is 13.2 Å². The molecule has 0 saturated carbocycles. The van der Waals surface area contributed by atoms with Crippen LogP contribution in [0.3, 0.4) is 0 Å². The highest BCUT2D eigenvalue weighted by molar-refractivity contribution is 14.1. The van der Waals surface area contributed by atoms with E-state index >= 15 is 0 Å². The standard InChI is InChI=1S/C25H24F2IN3O7/c1-25(2,3)37-23(33)31(24(34)38-28)21-15-7-6-14(10-13(15)8-9-29-21)30-20(22(32)36-5)16-11-19(35-4)18(27)12-17(16)26/h6-12,20,30H,1-5H3. The number of pyridine rings is 1. The van der Waals surface area contributed by atoms with E-state index in [1.54, 1.807) is 32.9 Å². The number of nitrogens with one attached hydrogen (secondary N) is 1. The van der Waals surface area contributed by atoms with Gasteiger partial charge >= 0.3 is 18.2 Å². The second-order valence-electron chi connectivity index (χ2n) is 8.84. The summed E-state index contributed by atoms with van der Waals surface area (Å²) in [6, 6.07) is 6.55. The van der Waals surface area contributed by atoms with Gasteiger partial charge in [0.1, 0.15) is 11.4 Å². The molecule has 0 fully saturated rings. The van der Waals surface area contributed by atoms with Crippen molar-refractivity contribution in [3.63, 3.8) is 0 Å². The number of carbonyl (C=O) groups is 3. The highest BCUT2D eigenvalue weighted by Gasteiger charge is 2.32. The summed E-state index contributed by atoms with van der Waals surface area (Å²) in [5, 5.41) is 3.74. The van der Waals surface area contributed by atoms with Gasteiger partial charge in [-0.2, -0.15) is 4.90 Å². The van der Waals surface area contributed by atoms with Crippen LogP contribution in [0.5, 0.6) is 5.75 Å². The van der Waals surface area contributed by atoms with Crippen molar-refractivity contribution in [2.45, 2.75) is 32.4 Å². The summed E-state index contributed by atoms with van der Waals surface area (Å²) in [6.07, 6.45) is -0.650. The molecule has 1 N–H and O–H groups in total. The molecule has 2 aromatic carbocycles. The molecule has 0 radical (unpaired) electrons. The van der Waals surface area contributed by atoms with Gasteiger partial charge in [-0.3, -0.25) is 0 Å². The first-order valence-corrected chi connectivity index (χ1v) is 11.9. The van der Waals surface area contributed by atoms with E-state index in [1.807, 2.05) is 0 Å². The van der Waals surface area contributed by atoms with Crippen LogP contribution >= 0.6 is 23.0 Å². The number of nitrogens with zero attached hydrogens (tertiary/aromatic N) is 2. The first kappa shape index (κ1) is 28.8. The average molecular weight is 643 g/mol. The summed E-state index contributed by atoms with van der Waals surface area (Å²) in [7, 11) is 2.34. The van der Waals surface area contributed by atoms with E-state index in [4.69, 9.17) is 17.3 Å². The highest BCUT2D eigenvalue weighted by atomic mass is 127. The number of amides is 2. The minimum absolute atomic E-state index is 0.0520. The number of rotatable bonds is 6. The topological polar surface area (TPSA) is 116 Å². The van der Waals surface area contributed by atoms with Crippen LogP contribution in [-0.4, -0.2) is 43.0 Å². The van der Waals surface area contributed by atoms with Crippen LogP contribution in [0.1, 0.15) is 32.4 Å². The van der Waals surface area contributed by atoms with E-state index in [1.165, 1.54) is 48.4 Å². The number of hydrogen-bond donors (Lipinski definition) is 1. The van der Waals surface area contributed by atoms with Gasteiger partial charge in [0.05, 0.1) is 14.2 Å². The van der Waals surface area contributed by atoms with Crippen molar-refractivity contribution < 1.29 is 40.4 Å². The van der Waals surface area contributed by atoms with Crippen LogP contribution in [0.4, 0.5) is 29.9 Å². The van der Waals surface area contributed by atoms with Crippen molar-refractivity contribution in [1.82, 2.24) is 4.98 Å². The maximum atomic E-state index is 14.7. The number of aromatic nitrogens is 1. The zero-order valence-corrected chi connectivity index (χ0v) is 23.2. The molecule has 13 heteroatoms. The Hall–Kier alpha value is -3.75. The Balaban J connectivity index is 2.05. The highest BCUT2D eigenvalue weighted by Crippen LogP contribution is 2.32. The number of methoxy groups -OCH3 is 2. The van der Waals surface area contributed by atoms with Gasteiger partial charge in [0.2, 0.25) is 0 Å². The second kappa shape index (κ2) is 11.8. The van der Waals surface area contributed by atoms with Crippen LogP contribution in [0.2, 0.25) is 0 Å². The number of anilines is 2. The van der Waals surface area contributed by atoms with Crippen molar-refractivity contribution >= 4 is 63.4 Å². The second-order valence-corrected chi connectivity index (χ2v) is 9.28. The third-order valence-corrected chi connectivity index (χ3v) is 5.49. The molecule has 1 aromatic heterocycles. The smallest absolute Gasteiger partial charge is 0.434 e. The number of carbonyl (C=O) groups excluding carboxylic acids is 3. The van der Waals surface area contributed by atoms with Crippen LogP contribution in [0, 0.1) is 11.6 Å². The van der Waals surface area contributed by atoms with Gasteiger partial charge in [-0.1, -0.05) is 0 Å². The van der Waals surface area contributed by atoms with Crippen molar-refractivity contribution in [1.29, 1.82) is 0 Å². The average Bonchev–Trinajstić information content (AvgIpc) is 2.86. The van der Waals surface area contributed by atoms with Gasteiger partial charge in [-0.25, -0.2) is 28.1 Å². The van der Waals surface area contributed by atoms with Crippen molar-refractivity contribution in [3.8, 4) is 5.75 Å². The zero-order valence-electron chi connectivity index (χ0n) is 21.0. The molecule has 1 heterocycles. The summed E-state index contributed by atoms with van der Waals surface area (Å²) in [5.74, 6) is -3.06. The third-order valence-electron chi connectivity index (χ3n) is 5.11. The largest absolute Gasteiger partial charge is 0.494 e. The fourth-order valence-electron chi connectivity index (χ4n) is 3.49. The Morgan fingerprint density at radius 3 is 2.34 bits per heavy atom. The molecule has 0 aliphatic carbocycles. The Kier molecular flexibility index (Phi) is 8.91. The number of fused-ring (bicyclic) bond motifs is 1. The molecule has 1 atom stereocenters. The summed E-state index contributed by atoms with van der Waals surface area (Å²) in [5.41, 5.74) is -0.761. The molecular formula is C25H24F2IN3O7. The first-order valence-electron chi connectivity index (χ1n) is 11.0. The number of esters is 1. The Bertz CT molecular complexity index is 1380. The molecule has 0 aliphatic heterocycles. The number of halogens is 3. The van der Waals surface area contributed by atoms with Crippen LogP contribution in [0.15, 0.2) is 42.6 Å². The summed E-state index contributed by atoms with van der Waals surface area (Å²) >= 11 is 1.35. The van der Waals surface area contributed by atoms with Gasteiger partial charge in [0.25, 0.3) is 0 Å². The number of benzene rings is 2. The van der Waals surface area contributed by atoms with E-state index in [9.17, 15) is 23.2 Å². The minimum atomic E-state index is -1.36. The van der Waals surface area contributed by atoms with Crippen molar-refractivity contribution in [3.05, 3.63) is 59.8 Å². The Morgan fingerprint density at radius 2 is 1.74 bits per heavy atom. The molecule has 1 unspecified atom stereocenters. The lowest BCUT2D eigenvalue weighted by molar-refractivity contribution is -0.141. The summed E-state index contributed by atoms with van der Waals surface area (Å²) in [6.45, 7) is 4.93. The lowest BCUT2D eigenvalue weighted by Gasteiger charge is -2.25. The minimum Gasteiger partial charge on any atom is -0.494 e. The first-order chi connectivity index (χ1) is 17.9. The molecule has 10 nitrogen and oxygen atoms in total. The summed E-state index contributed by atoms with van der Waals surface area (Å²) in [4.78, 5) is 42.7. The molecule has 0 bridgehead atoms. The van der Waals surface area contributed by atoms with Crippen LogP contribution in [-0.2, 0) is 17.3 Å². The van der Waals surface area contributed by atoms with Crippen LogP contribution in [0.25, 0.3) is 10.8 Å². The van der Waals surface area contributed by atoms with E-state index in [2.05, 4.69) is 10.3 Å². The number of hydrogen-bond acceptors (Lipinski definition) is 9. The quantitative estimate of drug-likeness (QED) is 0.252. The van der Waals surface area contributed by atoms with Crippen molar-refractivity contribution in [2.75, 3.05) is 24.4 Å². The molecule has 38 heavy (non-hydrogen) atoms. The van der Waals surface area contributed by atoms with Gasteiger partial charge in [-0.05, 0) is 56.5 Å². The predicted octanol–water partition coefficient (Wildman–Crippen LogP) is 6.08. The van der Waals surface area contributed by atoms with Gasteiger partial charge < -0.3 is 22.6 Å². The normalized spacial score (nSPS) is 11.9. The third kappa shape index (κ3) is 6.38. The van der Waals surface area contributed by atoms with E-state index < -0.39 is 41.4 Å². The van der Waals surface area contributed by atoms with Gasteiger partial charge in [-0.15, -0.1) is 0 Å². The Morgan fingerprint density at radius 1 is 1.03 bits per heavy atom. The molecule has 0 saturated heterocycles.